The van der Waals surface area contributed by atoms with Gasteiger partial charge in [0, 0.05) is 0 Å². The van der Waals surface area contributed by atoms with Gasteiger partial charge in [0.25, 0.3) is 5.69 Å². The molecule has 0 radical (unpaired) electrons. The van der Waals surface area contributed by atoms with Crippen LogP contribution in [-0.2, 0) is 0 Å². The Morgan fingerprint density at radius 1 is 1.35 bits per heavy atom. The SMILES string of the molecule is Cc1cccc(Cl)c1Nc1cc([N+](=O)[O-])cc(NN)n1. The lowest BCUT2D eigenvalue weighted by molar-refractivity contribution is -0.384. The number of hydrogen-bond donors (Lipinski definition) is 3. The number of para-hydroxylation sites is 1. The lowest BCUT2D eigenvalue weighted by atomic mass is 10.2. The van der Waals surface area contributed by atoms with Crippen molar-refractivity contribution < 1.29 is 4.92 Å². The van der Waals surface area contributed by atoms with Crippen LogP contribution in [0.4, 0.5) is 23.0 Å². The Labute approximate surface area is 119 Å². The number of hydrazine groups is 1. The number of nitrogens with zero attached hydrogens (tertiary/aromatic N) is 2. The van der Waals surface area contributed by atoms with E-state index < -0.39 is 4.92 Å². The molecule has 0 saturated heterocycles. The van der Waals surface area contributed by atoms with Gasteiger partial charge in [-0.25, -0.2) is 10.8 Å². The number of halogens is 1. The fourth-order valence-electron chi connectivity index (χ4n) is 1.68. The zero-order valence-corrected chi connectivity index (χ0v) is 11.3. The van der Waals surface area contributed by atoms with E-state index in [2.05, 4.69) is 15.7 Å². The van der Waals surface area contributed by atoms with Gasteiger partial charge in [-0.1, -0.05) is 23.7 Å². The van der Waals surface area contributed by atoms with Crippen molar-refractivity contribution in [3.8, 4) is 0 Å². The van der Waals surface area contributed by atoms with Crippen molar-refractivity contribution in [2.75, 3.05) is 10.7 Å². The van der Waals surface area contributed by atoms with Crippen molar-refractivity contribution in [2.45, 2.75) is 6.92 Å². The van der Waals surface area contributed by atoms with E-state index in [-0.39, 0.29) is 17.3 Å². The Kier molecular flexibility index (Phi) is 4.02. The Bertz CT molecular complexity index is 642. The quantitative estimate of drug-likeness (QED) is 0.454. The summed E-state index contributed by atoms with van der Waals surface area (Å²) in [4.78, 5) is 14.4. The standard InChI is InChI=1S/C12H12ClN5O2/c1-7-3-2-4-9(13)12(7)16-10-5-8(18(19)20)6-11(15-10)17-14/h2-6H,14H2,1H3,(H2,15,16,17). The van der Waals surface area contributed by atoms with Gasteiger partial charge in [0.2, 0.25) is 0 Å². The number of benzene rings is 1. The number of aromatic nitrogens is 1. The Morgan fingerprint density at radius 2 is 2.05 bits per heavy atom. The van der Waals surface area contributed by atoms with Crippen molar-refractivity contribution in [1.29, 1.82) is 0 Å². The van der Waals surface area contributed by atoms with Gasteiger partial charge in [0.15, 0.2) is 0 Å². The van der Waals surface area contributed by atoms with Gasteiger partial charge in [0.1, 0.15) is 11.6 Å². The highest BCUT2D eigenvalue weighted by molar-refractivity contribution is 6.33. The van der Waals surface area contributed by atoms with E-state index in [1.807, 2.05) is 19.1 Å². The van der Waals surface area contributed by atoms with E-state index in [9.17, 15) is 10.1 Å². The van der Waals surface area contributed by atoms with Crippen LogP contribution < -0.4 is 16.6 Å². The van der Waals surface area contributed by atoms with Crippen LogP contribution in [0.2, 0.25) is 5.02 Å². The van der Waals surface area contributed by atoms with E-state index in [4.69, 9.17) is 17.4 Å². The zero-order valence-electron chi connectivity index (χ0n) is 10.6. The van der Waals surface area contributed by atoms with Gasteiger partial charge in [-0.05, 0) is 18.6 Å². The predicted molar refractivity (Wildman–Crippen MR) is 78.2 cm³/mol. The van der Waals surface area contributed by atoms with Crippen LogP contribution in [0.25, 0.3) is 0 Å². The summed E-state index contributed by atoms with van der Waals surface area (Å²) < 4.78 is 0. The first kappa shape index (κ1) is 14.0. The van der Waals surface area contributed by atoms with Crippen LogP contribution in [0.1, 0.15) is 5.56 Å². The molecule has 0 aliphatic rings. The van der Waals surface area contributed by atoms with E-state index in [0.717, 1.165) is 5.56 Å². The third kappa shape index (κ3) is 2.95. The van der Waals surface area contributed by atoms with Crippen LogP contribution >= 0.6 is 11.6 Å². The molecule has 4 N–H and O–H groups in total. The third-order valence-corrected chi connectivity index (χ3v) is 2.96. The summed E-state index contributed by atoms with van der Waals surface area (Å²) in [6, 6.07) is 7.95. The minimum atomic E-state index is -0.521. The molecular weight excluding hydrogens is 282 g/mol. The molecule has 0 saturated carbocycles. The maximum atomic E-state index is 10.9. The molecule has 8 heteroatoms. The van der Waals surface area contributed by atoms with Crippen LogP contribution in [0.5, 0.6) is 0 Å². The number of nitro groups is 1. The van der Waals surface area contributed by atoms with Crippen LogP contribution in [0, 0.1) is 17.0 Å². The molecule has 0 aliphatic carbocycles. The first-order valence-electron chi connectivity index (χ1n) is 5.66. The smallest absolute Gasteiger partial charge is 0.276 e. The molecule has 1 heterocycles. The number of nitrogens with two attached hydrogens (primary N) is 1. The van der Waals surface area contributed by atoms with Crippen molar-refractivity contribution in [3.63, 3.8) is 0 Å². The lowest BCUT2D eigenvalue weighted by Crippen LogP contribution is -2.10. The summed E-state index contributed by atoms with van der Waals surface area (Å²) in [7, 11) is 0. The second kappa shape index (κ2) is 5.72. The predicted octanol–water partition coefficient (Wildman–Crippen LogP) is 2.98. The molecule has 0 spiro atoms. The molecule has 104 valence electrons. The van der Waals surface area contributed by atoms with Gasteiger partial charge in [-0.15, -0.1) is 0 Å². The maximum absolute atomic E-state index is 10.9. The van der Waals surface area contributed by atoms with E-state index >= 15 is 0 Å². The molecule has 7 nitrogen and oxygen atoms in total. The van der Waals surface area contributed by atoms with E-state index in [1.165, 1.54) is 12.1 Å². The number of anilines is 3. The van der Waals surface area contributed by atoms with Crippen molar-refractivity contribution in [2.24, 2.45) is 5.84 Å². The Hall–Kier alpha value is -2.38. The lowest BCUT2D eigenvalue weighted by Gasteiger charge is -2.11. The highest BCUT2D eigenvalue weighted by Gasteiger charge is 2.12. The zero-order chi connectivity index (χ0) is 14.7. The number of aryl methyl sites for hydroxylation is 1. The average Bonchev–Trinajstić information content (AvgIpc) is 2.42. The summed E-state index contributed by atoms with van der Waals surface area (Å²) in [5.74, 6) is 5.72. The molecule has 0 atom stereocenters. The van der Waals surface area contributed by atoms with Crippen molar-refractivity contribution >= 4 is 34.6 Å². The molecule has 0 amide bonds. The van der Waals surface area contributed by atoms with Crippen LogP contribution in [-0.4, -0.2) is 9.91 Å². The second-order valence-electron chi connectivity index (χ2n) is 4.05. The van der Waals surface area contributed by atoms with Gasteiger partial charge >= 0.3 is 0 Å². The molecule has 1 aromatic heterocycles. The molecule has 20 heavy (non-hydrogen) atoms. The molecular formula is C12H12ClN5O2. The number of nitrogens with one attached hydrogen (secondary N) is 2. The summed E-state index contributed by atoms with van der Waals surface area (Å²) in [5.41, 5.74) is 3.70. The van der Waals surface area contributed by atoms with Gasteiger partial charge in [-0.3, -0.25) is 10.1 Å². The largest absolute Gasteiger partial charge is 0.339 e. The summed E-state index contributed by atoms with van der Waals surface area (Å²) in [5, 5.41) is 14.3. The normalized spacial score (nSPS) is 10.2. The topological polar surface area (TPSA) is 106 Å². The van der Waals surface area contributed by atoms with Crippen molar-refractivity contribution in [3.05, 3.63) is 51.0 Å². The monoisotopic (exact) mass is 293 g/mol. The summed E-state index contributed by atoms with van der Waals surface area (Å²) in [6.07, 6.45) is 0. The molecule has 0 fully saturated rings. The highest BCUT2D eigenvalue weighted by atomic mass is 35.5. The molecule has 1 aromatic carbocycles. The van der Waals surface area contributed by atoms with E-state index in [1.54, 1.807) is 6.07 Å². The molecule has 0 bridgehead atoms. The summed E-state index contributed by atoms with van der Waals surface area (Å²) >= 11 is 6.09. The molecule has 2 aromatic rings. The molecule has 2 rings (SSSR count). The summed E-state index contributed by atoms with van der Waals surface area (Å²) in [6.45, 7) is 1.87. The number of nitrogen functional groups attached to an aromatic ring is 1. The Balaban J connectivity index is 2.43. The van der Waals surface area contributed by atoms with Crippen LogP contribution in [0.15, 0.2) is 30.3 Å². The minimum Gasteiger partial charge on any atom is -0.339 e. The van der Waals surface area contributed by atoms with Crippen LogP contribution in [0.3, 0.4) is 0 Å². The number of pyridine rings is 1. The second-order valence-corrected chi connectivity index (χ2v) is 4.46. The first-order valence-corrected chi connectivity index (χ1v) is 6.04. The van der Waals surface area contributed by atoms with Crippen molar-refractivity contribution in [1.82, 2.24) is 4.98 Å². The fraction of sp³-hybridized carbons (Fsp3) is 0.0833. The van der Waals surface area contributed by atoms with E-state index in [0.29, 0.717) is 10.7 Å². The van der Waals surface area contributed by atoms with Gasteiger partial charge in [-0.2, -0.15) is 0 Å². The Morgan fingerprint density at radius 3 is 2.65 bits per heavy atom. The highest BCUT2D eigenvalue weighted by Crippen LogP contribution is 2.30. The maximum Gasteiger partial charge on any atom is 0.276 e. The molecule has 0 unspecified atom stereocenters. The average molecular weight is 294 g/mol. The first-order chi connectivity index (χ1) is 9.51. The van der Waals surface area contributed by atoms with Gasteiger partial charge in [0.05, 0.1) is 27.8 Å². The molecule has 0 aliphatic heterocycles. The fourth-order valence-corrected chi connectivity index (χ4v) is 1.95. The number of rotatable bonds is 4. The minimum absolute atomic E-state index is 0.125. The third-order valence-electron chi connectivity index (χ3n) is 2.64. The number of hydrogen-bond acceptors (Lipinski definition) is 6. The van der Waals surface area contributed by atoms with Gasteiger partial charge < -0.3 is 10.7 Å².